The molecule has 2 aromatic carbocycles. The van der Waals surface area contributed by atoms with Crippen molar-refractivity contribution < 1.29 is 18.4 Å². The zero-order valence-electron chi connectivity index (χ0n) is 17.1. The van der Waals surface area contributed by atoms with Gasteiger partial charge in [0.25, 0.3) is 5.91 Å². The van der Waals surface area contributed by atoms with E-state index in [1.807, 2.05) is 0 Å². The number of hydrogen-bond acceptors (Lipinski definition) is 5. The molecule has 4 rings (SSSR count). The smallest absolute Gasteiger partial charge is 0.279 e. The molecule has 0 aliphatic carbocycles. The number of amides is 1. The number of anilines is 1. The molecule has 0 spiro atoms. The molecule has 0 radical (unpaired) electrons. The second-order valence-corrected chi connectivity index (χ2v) is 8.28. The van der Waals surface area contributed by atoms with Crippen LogP contribution in [0.25, 0.3) is 0 Å². The maximum absolute atomic E-state index is 13.4. The van der Waals surface area contributed by atoms with Gasteiger partial charge in [-0.25, -0.2) is 4.39 Å². The Labute approximate surface area is 203 Å². The Morgan fingerprint density at radius 2 is 2.00 bits per heavy atom. The monoisotopic (exact) mass is 508 g/mol. The molecule has 2 aromatic heterocycles. The summed E-state index contributed by atoms with van der Waals surface area (Å²) < 4.78 is 25.6. The number of nitrogens with one attached hydrogen (secondary N) is 1. The second kappa shape index (κ2) is 9.82. The molecule has 170 valence electrons. The predicted molar refractivity (Wildman–Crippen MR) is 123 cm³/mol. The first kappa shape index (κ1) is 23.1. The van der Waals surface area contributed by atoms with Crippen molar-refractivity contribution in [3.05, 3.63) is 92.1 Å². The molecule has 0 atom stereocenters. The minimum Gasteiger partial charge on any atom is -0.489 e. The van der Waals surface area contributed by atoms with Crippen LogP contribution in [0.15, 0.2) is 53.2 Å². The average Bonchev–Trinajstić information content (AvgIpc) is 3.30. The first-order valence-corrected chi connectivity index (χ1v) is 10.8. The van der Waals surface area contributed by atoms with Crippen molar-refractivity contribution in [2.75, 3.05) is 5.32 Å². The number of carbonyl (C=O) groups excluding carboxylic acids is 1. The van der Waals surface area contributed by atoms with Crippen molar-refractivity contribution >= 4 is 46.5 Å². The van der Waals surface area contributed by atoms with Crippen LogP contribution in [0.3, 0.4) is 0 Å². The molecule has 33 heavy (non-hydrogen) atoms. The highest BCUT2D eigenvalue weighted by atomic mass is 35.5. The molecule has 0 aliphatic heterocycles. The van der Waals surface area contributed by atoms with E-state index >= 15 is 0 Å². The fraction of sp³-hybridized carbons (Fsp3) is 0.136. The summed E-state index contributed by atoms with van der Waals surface area (Å²) in [6.45, 7) is 1.92. The lowest BCUT2D eigenvalue weighted by Crippen LogP contribution is -2.16. The van der Waals surface area contributed by atoms with Gasteiger partial charge in [0.05, 0.1) is 12.1 Å². The van der Waals surface area contributed by atoms with Crippen LogP contribution < -0.4 is 10.1 Å². The highest BCUT2D eigenvalue weighted by molar-refractivity contribution is 6.35. The standard InChI is InChI=1S/C22H16Cl3FN4O3/c1-12-17(11-32-16-4-2-3-15(26)8-16)20(29-33-12)22(31)27-21-19(25)10-30(28-21)9-13-5-6-14(23)7-18(13)24/h2-8,10H,9,11H2,1H3,(H,27,28,31). The number of hydrogen-bond donors (Lipinski definition) is 1. The summed E-state index contributed by atoms with van der Waals surface area (Å²) in [7, 11) is 0. The number of aryl methyl sites for hydroxylation is 1. The molecule has 1 N–H and O–H groups in total. The number of aromatic nitrogens is 3. The Morgan fingerprint density at radius 1 is 1.18 bits per heavy atom. The third kappa shape index (κ3) is 5.47. The van der Waals surface area contributed by atoms with Gasteiger partial charge in [-0.05, 0) is 36.8 Å². The lowest BCUT2D eigenvalue weighted by Gasteiger charge is -2.07. The topological polar surface area (TPSA) is 82.2 Å². The first-order chi connectivity index (χ1) is 15.8. The van der Waals surface area contributed by atoms with E-state index in [1.54, 1.807) is 37.4 Å². The van der Waals surface area contributed by atoms with E-state index in [2.05, 4.69) is 15.6 Å². The van der Waals surface area contributed by atoms with Gasteiger partial charge in [0, 0.05) is 22.3 Å². The predicted octanol–water partition coefficient (Wildman–Crippen LogP) is 6.16. The molecule has 7 nitrogen and oxygen atoms in total. The molecule has 0 saturated heterocycles. The van der Waals surface area contributed by atoms with E-state index in [4.69, 9.17) is 44.1 Å². The van der Waals surface area contributed by atoms with Gasteiger partial charge in [0.2, 0.25) is 0 Å². The minimum atomic E-state index is -0.582. The summed E-state index contributed by atoms with van der Waals surface area (Å²) in [5.74, 6) is -0.168. The molecule has 0 unspecified atom stereocenters. The summed E-state index contributed by atoms with van der Waals surface area (Å²) in [5, 5.41) is 12.0. The van der Waals surface area contributed by atoms with Crippen molar-refractivity contribution in [2.24, 2.45) is 0 Å². The van der Waals surface area contributed by atoms with E-state index in [0.29, 0.717) is 33.7 Å². The van der Waals surface area contributed by atoms with Crippen LogP contribution in [-0.4, -0.2) is 20.8 Å². The molecule has 0 aliphatic rings. The molecule has 11 heteroatoms. The van der Waals surface area contributed by atoms with Crippen LogP contribution in [0.1, 0.15) is 27.4 Å². The van der Waals surface area contributed by atoms with Crippen molar-refractivity contribution in [3.63, 3.8) is 0 Å². The molecule has 0 saturated carbocycles. The van der Waals surface area contributed by atoms with Gasteiger partial charge < -0.3 is 14.6 Å². The molecule has 0 fully saturated rings. The Hall–Kier alpha value is -3.07. The van der Waals surface area contributed by atoms with Gasteiger partial charge in [-0.1, -0.05) is 52.1 Å². The second-order valence-electron chi connectivity index (χ2n) is 7.03. The minimum absolute atomic E-state index is 0.00951. The maximum atomic E-state index is 13.4. The molecule has 2 heterocycles. The summed E-state index contributed by atoms with van der Waals surface area (Å²) in [4.78, 5) is 12.8. The van der Waals surface area contributed by atoms with Gasteiger partial charge in [-0.3, -0.25) is 9.48 Å². The van der Waals surface area contributed by atoms with Crippen LogP contribution >= 0.6 is 34.8 Å². The zero-order chi connectivity index (χ0) is 23.5. The number of carbonyl (C=O) groups is 1. The molecule has 0 bridgehead atoms. The third-order valence-corrected chi connectivity index (χ3v) is 5.54. The Morgan fingerprint density at radius 3 is 2.76 bits per heavy atom. The van der Waals surface area contributed by atoms with Crippen molar-refractivity contribution in [2.45, 2.75) is 20.1 Å². The highest BCUT2D eigenvalue weighted by Gasteiger charge is 2.22. The molecule has 1 amide bonds. The van der Waals surface area contributed by atoms with E-state index in [9.17, 15) is 9.18 Å². The van der Waals surface area contributed by atoms with E-state index in [-0.39, 0.29) is 23.1 Å². The van der Waals surface area contributed by atoms with Crippen LogP contribution in [0.4, 0.5) is 10.2 Å². The lowest BCUT2D eigenvalue weighted by atomic mass is 10.2. The van der Waals surface area contributed by atoms with Crippen LogP contribution in [0.2, 0.25) is 15.1 Å². The van der Waals surface area contributed by atoms with Crippen molar-refractivity contribution in [1.29, 1.82) is 0 Å². The number of ether oxygens (including phenoxy) is 1. The SMILES string of the molecule is Cc1onc(C(=O)Nc2nn(Cc3ccc(Cl)cc3Cl)cc2Cl)c1COc1cccc(F)c1. The Balaban J connectivity index is 1.47. The largest absolute Gasteiger partial charge is 0.489 e. The number of halogens is 4. The Kier molecular flexibility index (Phi) is 6.88. The highest BCUT2D eigenvalue weighted by Crippen LogP contribution is 2.25. The first-order valence-electron chi connectivity index (χ1n) is 9.62. The van der Waals surface area contributed by atoms with Crippen molar-refractivity contribution in [3.8, 4) is 5.75 Å². The molecular formula is C22H16Cl3FN4O3. The number of benzene rings is 2. The molecular weight excluding hydrogens is 494 g/mol. The van der Waals surface area contributed by atoms with Crippen molar-refractivity contribution in [1.82, 2.24) is 14.9 Å². The third-order valence-electron chi connectivity index (χ3n) is 4.68. The lowest BCUT2D eigenvalue weighted by molar-refractivity contribution is 0.101. The van der Waals surface area contributed by atoms with Gasteiger partial charge >= 0.3 is 0 Å². The maximum Gasteiger partial charge on any atom is 0.279 e. The van der Waals surface area contributed by atoms with Crippen LogP contribution in [0, 0.1) is 12.7 Å². The van der Waals surface area contributed by atoms with E-state index in [0.717, 1.165) is 5.56 Å². The fourth-order valence-corrected chi connectivity index (χ4v) is 3.67. The quantitative estimate of drug-likeness (QED) is 0.323. The zero-order valence-corrected chi connectivity index (χ0v) is 19.4. The summed E-state index contributed by atoms with van der Waals surface area (Å²) in [6, 6.07) is 10.8. The van der Waals surface area contributed by atoms with Crippen LogP contribution in [-0.2, 0) is 13.2 Å². The summed E-state index contributed by atoms with van der Waals surface area (Å²) in [6.07, 6.45) is 1.56. The summed E-state index contributed by atoms with van der Waals surface area (Å²) >= 11 is 18.4. The average molecular weight is 510 g/mol. The summed E-state index contributed by atoms with van der Waals surface area (Å²) in [5.41, 5.74) is 1.21. The fourth-order valence-electron chi connectivity index (χ4n) is 3.01. The van der Waals surface area contributed by atoms with Gasteiger partial charge in [0.1, 0.15) is 29.0 Å². The van der Waals surface area contributed by atoms with E-state index in [1.165, 1.54) is 22.9 Å². The van der Waals surface area contributed by atoms with Crippen LogP contribution in [0.5, 0.6) is 5.75 Å². The van der Waals surface area contributed by atoms with Gasteiger partial charge in [-0.15, -0.1) is 0 Å². The van der Waals surface area contributed by atoms with E-state index < -0.39 is 11.7 Å². The number of rotatable bonds is 7. The normalized spacial score (nSPS) is 10.9. The van der Waals surface area contributed by atoms with Gasteiger partial charge in [0.15, 0.2) is 11.5 Å². The van der Waals surface area contributed by atoms with Gasteiger partial charge in [-0.2, -0.15) is 5.10 Å². The molecule has 4 aromatic rings. The number of nitrogens with zero attached hydrogens (tertiary/aromatic N) is 3. The Bertz CT molecular complexity index is 1320.